The fraction of sp³-hybridized carbons (Fsp3) is 0.529. The van der Waals surface area contributed by atoms with E-state index in [0.717, 1.165) is 0 Å². The first-order chi connectivity index (χ1) is 49.2. The lowest BCUT2D eigenvalue weighted by Crippen LogP contribution is -2.50. The number of anilines is 2. The third-order valence-electron chi connectivity index (χ3n) is 14.4. The summed E-state index contributed by atoms with van der Waals surface area (Å²) in [6.07, 6.45) is 7.80. The summed E-state index contributed by atoms with van der Waals surface area (Å²) in [5.41, 5.74) is 13.5. The Kier molecular flexibility index (Phi) is 45.1. The second kappa shape index (κ2) is 53.1. The summed E-state index contributed by atoms with van der Waals surface area (Å²) in [6.45, 7) is 5.39. The van der Waals surface area contributed by atoms with Gasteiger partial charge in [0.2, 0.25) is 35.4 Å². The third kappa shape index (κ3) is 42.0. The standard InChI is InChI=1S/C68H96Cl4N14O16/c69-49-35-47(36-50(70)39-49)55(43-65(91)92)85-67(95)57(83-63(89)11-3-7-17-79-59-9-1-5-15-77-59)41-53(73)45-75-19-23-97-27-31-101-33-29-99-25-21-81-61(87)13-14-62(88)82-22-26-100-30-34-102-32-28-98-24-20-76-46-54(74)42-58(84-64(90)12-4-8-18-80-60-10-2-6-16-78-60)68(96)86-56(44-66(93)94)48-37-51(71)40-52(72)38-48/h1-2,5-6,9-10,15-16,35-40,45-46,53-58H,3-4,7-8,11-14,17-34,41-44,73-74H2,(H,77,79)(H,78,80)(H,81,87)(H,82,88)(H,83,89)(H,84,90)(H,85,95)(H,86,96)(H,91,92)(H,93,94). The number of carbonyl (C=O) groups is 8. The lowest BCUT2D eigenvalue weighted by atomic mass is 10.0. The number of halogens is 4. The minimum atomic E-state index is -1.18. The molecule has 30 nitrogen and oxygen atoms in total. The molecule has 0 aliphatic heterocycles. The summed E-state index contributed by atoms with van der Waals surface area (Å²) >= 11 is 24.7. The monoisotopic (exact) mass is 1500 g/mol. The average molecular weight is 1510 g/mol. The van der Waals surface area contributed by atoms with E-state index in [2.05, 4.69) is 62.5 Å². The highest BCUT2D eigenvalue weighted by Gasteiger charge is 2.29. The van der Waals surface area contributed by atoms with Crippen molar-refractivity contribution < 1.29 is 77.0 Å². The van der Waals surface area contributed by atoms with Crippen molar-refractivity contribution in [2.45, 2.75) is 113 Å². The van der Waals surface area contributed by atoms with Crippen LogP contribution in [0.5, 0.6) is 0 Å². The number of amides is 6. The van der Waals surface area contributed by atoms with Gasteiger partial charge in [-0.25, -0.2) is 9.97 Å². The van der Waals surface area contributed by atoms with Gasteiger partial charge in [0.15, 0.2) is 0 Å². The minimum absolute atomic E-state index is 0.00411. The molecule has 0 fully saturated rings. The van der Waals surface area contributed by atoms with E-state index in [4.69, 9.17) is 86.3 Å². The normalized spacial score (nSPS) is 13.1. The smallest absolute Gasteiger partial charge is 0.305 e. The number of carboxylic acid groups (broad SMARTS) is 2. The molecule has 34 heteroatoms. The number of aliphatic carboxylic acids is 2. The number of carbonyl (C=O) groups excluding carboxylic acids is 6. The van der Waals surface area contributed by atoms with Crippen LogP contribution in [0.1, 0.15) is 100 Å². The van der Waals surface area contributed by atoms with E-state index in [9.17, 15) is 48.6 Å². The van der Waals surface area contributed by atoms with Crippen LogP contribution in [0.4, 0.5) is 11.6 Å². The molecule has 0 saturated carbocycles. The van der Waals surface area contributed by atoms with Crippen molar-refractivity contribution in [3.05, 3.63) is 116 Å². The number of hydrogen-bond acceptors (Lipinski definition) is 22. The molecule has 2 aromatic heterocycles. The van der Waals surface area contributed by atoms with E-state index < -0.39 is 72.8 Å². The Morgan fingerprint density at radius 2 is 0.794 bits per heavy atom. The van der Waals surface area contributed by atoms with Crippen molar-refractivity contribution in [2.75, 3.05) is 129 Å². The summed E-state index contributed by atoms with van der Waals surface area (Å²) in [5, 5.41) is 43.0. The number of benzene rings is 2. The number of unbranched alkanes of at least 4 members (excludes halogenated alkanes) is 2. The number of pyridine rings is 2. The number of carboxylic acids is 2. The quantitative estimate of drug-likeness (QED) is 0.0198. The Labute approximate surface area is 613 Å². The first-order valence-corrected chi connectivity index (χ1v) is 35.1. The fourth-order valence-corrected chi connectivity index (χ4v) is 10.6. The zero-order valence-corrected chi connectivity index (χ0v) is 60.0. The Balaban J connectivity index is 0.982. The van der Waals surface area contributed by atoms with Crippen LogP contribution in [-0.4, -0.2) is 223 Å². The van der Waals surface area contributed by atoms with Gasteiger partial charge in [0.05, 0.1) is 117 Å². The number of hydrogen-bond donors (Lipinski definition) is 12. The molecule has 102 heavy (non-hydrogen) atoms. The summed E-state index contributed by atoms with van der Waals surface area (Å²) in [7, 11) is 0. The highest BCUT2D eigenvalue weighted by molar-refractivity contribution is 6.35. The Hall–Kier alpha value is -7.72. The predicted octanol–water partition coefficient (Wildman–Crippen LogP) is 5.28. The Morgan fingerprint density at radius 3 is 1.14 bits per heavy atom. The molecule has 14 N–H and O–H groups in total. The molecule has 0 radical (unpaired) electrons. The van der Waals surface area contributed by atoms with Gasteiger partial charge in [-0.15, -0.1) is 0 Å². The number of aliphatic imine (C=N–C) groups is 2. The maximum atomic E-state index is 13.7. The van der Waals surface area contributed by atoms with Crippen LogP contribution in [0.15, 0.2) is 95.2 Å². The van der Waals surface area contributed by atoms with Crippen molar-refractivity contribution in [3.63, 3.8) is 0 Å². The van der Waals surface area contributed by atoms with Gasteiger partial charge in [0.25, 0.3) is 0 Å². The molecule has 6 unspecified atom stereocenters. The first-order valence-electron chi connectivity index (χ1n) is 33.6. The topological polar surface area (TPSA) is 431 Å². The minimum Gasteiger partial charge on any atom is -0.481 e. The van der Waals surface area contributed by atoms with Gasteiger partial charge in [0, 0.05) is 109 Å². The third-order valence-corrected chi connectivity index (χ3v) is 15.3. The molecule has 2 aromatic carbocycles. The van der Waals surface area contributed by atoms with Gasteiger partial charge in [-0.05, 0) is 110 Å². The Morgan fingerprint density at radius 1 is 0.441 bits per heavy atom. The number of nitrogens with one attached hydrogen (secondary N) is 8. The maximum absolute atomic E-state index is 13.7. The number of nitrogens with two attached hydrogens (primary N) is 2. The van der Waals surface area contributed by atoms with E-state index in [0.29, 0.717) is 61.5 Å². The van der Waals surface area contributed by atoms with E-state index in [-0.39, 0.29) is 188 Å². The van der Waals surface area contributed by atoms with Gasteiger partial charge in [-0.2, -0.15) is 0 Å². The highest BCUT2D eigenvalue weighted by atomic mass is 35.5. The number of rotatable bonds is 57. The zero-order valence-electron chi connectivity index (χ0n) is 57.0. The van der Waals surface area contributed by atoms with Crippen LogP contribution in [0.2, 0.25) is 20.1 Å². The van der Waals surface area contributed by atoms with Crippen molar-refractivity contribution in [1.82, 2.24) is 41.9 Å². The molecule has 4 aromatic rings. The Bertz CT molecular complexity index is 2950. The lowest BCUT2D eigenvalue weighted by molar-refractivity contribution is -0.139. The number of aromatic nitrogens is 2. The van der Waals surface area contributed by atoms with Crippen LogP contribution in [-0.2, 0) is 66.8 Å². The van der Waals surface area contributed by atoms with E-state index in [1.807, 2.05) is 36.4 Å². The molecule has 0 aliphatic rings. The second-order valence-electron chi connectivity index (χ2n) is 22.9. The van der Waals surface area contributed by atoms with Crippen LogP contribution in [0.3, 0.4) is 0 Å². The summed E-state index contributed by atoms with van der Waals surface area (Å²) < 4.78 is 33.3. The summed E-state index contributed by atoms with van der Waals surface area (Å²) in [4.78, 5) is 119. The molecular weight excluding hydrogens is 1410 g/mol. The molecule has 0 saturated heterocycles. The van der Waals surface area contributed by atoms with Crippen LogP contribution < -0.4 is 54.0 Å². The molecule has 6 atom stereocenters. The number of ether oxygens (including phenoxy) is 6. The predicted molar refractivity (Wildman–Crippen MR) is 388 cm³/mol. The van der Waals surface area contributed by atoms with Crippen molar-refractivity contribution >= 4 is 118 Å². The molecule has 0 bridgehead atoms. The van der Waals surface area contributed by atoms with E-state index >= 15 is 0 Å². The van der Waals surface area contributed by atoms with Gasteiger partial charge >= 0.3 is 11.9 Å². The fourth-order valence-electron chi connectivity index (χ4n) is 9.47. The second-order valence-corrected chi connectivity index (χ2v) is 24.7. The van der Waals surface area contributed by atoms with Crippen molar-refractivity contribution in [3.8, 4) is 0 Å². The van der Waals surface area contributed by atoms with Crippen molar-refractivity contribution in [1.29, 1.82) is 0 Å². The molecule has 0 aliphatic carbocycles. The van der Waals surface area contributed by atoms with E-state index in [1.54, 1.807) is 12.4 Å². The van der Waals surface area contributed by atoms with Gasteiger partial charge in [-0.3, -0.25) is 48.3 Å². The molecular formula is C68H96Cl4N14O16. The molecule has 4 rings (SSSR count). The lowest BCUT2D eigenvalue weighted by Gasteiger charge is -2.24. The molecule has 562 valence electrons. The first kappa shape index (κ1) is 86.7. The summed E-state index contributed by atoms with van der Waals surface area (Å²) in [5.74, 6) is -3.61. The molecule has 2 heterocycles. The number of nitrogens with zero attached hydrogens (tertiary/aromatic N) is 4. The molecule has 6 amide bonds. The highest BCUT2D eigenvalue weighted by Crippen LogP contribution is 2.27. The molecule has 0 spiro atoms. The largest absolute Gasteiger partial charge is 0.481 e. The van der Waals surface area contributed by atoms with E-state index in [1.165, 1.54) is 48.8 Å². The van der Waals surface area contributed by atoms with Gasteiger partial charge in [-0.1, -0.05) is 58.5 Å². The van der Waals surface area contributed by atoms with Crippen molar-refractivity contribution in [2.24, 2.45) is 21.5 Å². The van der Waals surface area contributed by atoms with Crippen LogP contribution in [0.25, 0.3) is 0 Å². The average Bonchev–Trinajstić information content (AvgIpc) is 0.849. The van der Waals surface area contributed by atoms with Gasteiger partial charge in [0.1, 0.15) is 23.7 Å². The van der Waals surface area contributed by atoms with Crippen LogP contribution in [0, 0.1) is 0 Å². The summed E-state index contributed by atoms with van der Waals surface area (Å²) in [6, 6.07) is 14.2. The SMILES string of the molecule is NC(C=NCCOCCOCCOCCNC(=O)CCC(=O)NCCOCCOCCOCCN=CC(N)CC(NC(=O)CCCCNc1ccccn1)C(=O)NC(CC(=O)O)c1cc(Cl)cc(Cl)c1)CC(NC(=O)CCCCNc1ccccn1)C(=O)NC(CC(=O)O)c1cc(Cl)cc(Cl)c1. The maximum Gasteiger partial charge on any atom is 0.305 e. The van der Waals surface area contributed by atoms with Gasteiger partial charge < -0.3 is 92.6 Å². The zero-order chi connectivity index (χ0) is 74.0. The van der Waals surface area contributed by atoms with Crippen LogP contribution >= 0.6 is 46.4 Å².